The highest BCUT2D eigenvalue weighted by Gasteiger charge is 2.30. The first-order valence-corrected chi connectivity index (χ1v) is 8.41. The summed E-state index contributed by atoms with van der Waals surface area (Å²) in [6.45, 7) is 3.12. The summed E-state index contributed by atoms with van der Waals surface area (Å²) in [5.41, 5.74) is 11.8. The number of carbonyl (C=O) groups is 1. The molecule has 0 saturated carbocycles. The second-order valence-corrected chi connectivity index (χ2v) is 7.39. The molecule has 0 radical (unpaired) electrons. The van der Waals surface area contributed by atoms with Gasteiger partial charge in [-0.25, -0.2) is 8.42 Å². The lowest BCUT2D eigenvalue weighted by Crippen LogP contribution is -2.42. The molecule has 0 spiro atoms. The second-order valence-electron chi connectivity index (χ2n) is 5.45. The van der Waals surface area contributed by atoms with Crippen LogP contribution in [0, 0.1) is 12.8 Å². The minimum atomic E-state index is -3.61. The van der Waals surface area contributed by atoms with Crippen molar-refractivity contribution in [3.63, 3.8) is 0 Å². The number of hydrogen-bond donors (Lipinski definition) is 2. The van der Waals surface area contributed by atoms with Crippen molar-refractivity contribution in [1.29, 1.82) is 0 Å². The molecular formula is C14H22ClN3O3S. The van der Waals surface area contributed by atoms with Gasteiger partial charge in [-0.15, -0.1) is 12.4 Å². The molecule has 1 amide bonds. The van der Waals surface area contributed by atoms with Crippen LogP contribution in [0.3, 0.4) is 0 Å². The Kier molecular flexibility index (Phi) is 6.37. The summed E-state index contributed by atoms with van der Waals surface area (Å²) >= 11 is 0. The van der Waals surface area contributed by atoms with Gasteiger partial charge in [0.05, 0.1) is 4.90 Å². The molecule has 0 aliphatic carbocycles. The lowest BCUT2D eigenvalue weighted by atomic mass is 10.0. The Hall–Kier alpha value is -1.15. The highest BCUT2D eigenvalue weighted by atomic mass is 35.5. The minimum Gasteiger partial charge on any atom is -0.366 e. The molecule has 0 bridgehead atoms. The molecule has 6 nitrogen and oxygen atoms in total. The normalized spacial score (nSPS) is 19.5. The Balaban J connectivity index is 0.00000242. The van der Waals surface area contributed by atoms with Gasteiger partial charge in [0.2, 0.25) is 15.9 Å². The van der Waals surface area contributed by atoms with E-state index < -0.39 is 15.9 Å². The first-order chi connectivity index (χ1) is 9.86. The molecule has 4 N–H and O–H groups in total. The van der Waals surface area contributed by atoms with Crippen LogP contribution >= 0.6 is 12.4 Å². The Labute approximate surface area is 137 Å². The van der Waals surface area contributed by atoms with Gasteiger partial charge in [0.1, 0.15) is 0 Å². The zero-order chi connectivity index (χ0) is 15.6. The molecule has 1 unspecified atom stereocenters. The van der Waals surface area contributed by atoms with Crippen molar-refractivity contribution >= 4 is 28.3 Å². The maximum atomic E-state index is 12.7. The SMILES string of the molecule is Cc1ccc(S(=O)(=O)N2CCCC(CN)C2)cc1C(N)=O.Cl. The van der Waals surface area contributed by atoms with Crippen molar-refractivity contribution in [3.8, 4) is 0 Å². The number of hydrogen-bond acceptors (Lipinski definition) is 4. The van der Waals surface area contributed by atoms with Crippen molar-refractivity contribution in [1.82, 2.24) is 4.31 Å². The molecule has 0 aromatic heterocycles. The number of carbonyl (C=O) groups excluding carboxylic acids is 1. The smallest absolute Gasteiger partial charge is 0.249 e. The zero-order valence-electron chi connectivity index (χ0n) is 12.5. The summed E-state index contributed by atoms with van der Waals surface area (Å²) in [7, 11) is -3.61. The van der Waals surface area contributed by atoms with Gasteiger partial charge in [-0.05, 0) is 49.9 Å². The molecule has 1 aromatic carbocycles. The van der Waals surface area contributed by atoms with E-state index >= 15 is 0 Å². The van der Waals surface area contributed by atoms with Gasteiger partial charge in [-0.1, -0.05) is 6.07 Å². The first-order valence-electron chi connectivity index (χ1n) is 6.97. The van der Waals surface area contributed by atoms with E-state index in [9.17, 15) is 13.2 Å². The maximum absolute atomic E-state index is 12.7. The molecule has 1 aromatic rings. The number of nitrogens with two attached hydrogens (primary N) is 2. The number of amides is 1. The number of rotatable bonds is 4. The molecule has 1 atom stereocenters. The summed E-state index contributed by atoms with van der Waals surface area (Å²) in [5, 5.41) is 0. The maximum Gasteiger partial charge on any atom is 0.249 e. The first kappa shape index (κ1) is 18.9. The molecule has 1 aliphatic heterocycles. The number of primary amides is 1. The molecule has 124 valence electrons. The van der Waals surface area contributed by atoms with E-state index in [2.05, 4.69) is 0 Å². The number of benzene rings is 1. The van der Waals surface area contributed by atoms with Gasteiger partial charge < -0.3 is 11.5 Å². The lowest BCUT2D eigenvalue weighted by Gasteiger charge is -2.31. The fraction of sp³-hybridized carbons (Fsp3) is 0.500. The number of piperidine rings is 1. The number of aryl methyl sites for hydroxylation is 1. The highest BCUT2D eigenvalue weighted by Crippen LogP contribution is 2.24. The number of sulfonamides is 1. The topological polar surface area (TPSA) is 106 Å². The van der Waals surface area contributed by atoms with Gasteiger partial charge in [0.15, 0.2) is 0 Å². The van der Waals surface area contributed by atoms with E-state index in [4.69, 9.17) is 11.5 Å². The van der Waals surface area contributed by atoms with Crippen LogP contribution in [0.4, 0.5) is 0 Å². The zero-order valence-corrected chi connectivity index (χ0v) is 14.1. The summed E-state index contributed by atoms with van der Waals surface area (Å²) in [6.07, 6.45) is 1.75. The summed E-state index contributed by atoms with van der Waals surface area (Å²) in [6, 6.07) is 4.49. The van der Waals surface area contributed by atoms with Crippen molar-refractivity contribution in [2.45, 2.75) is 24.7 Å². The molecular weight excluding hydrogens is 326 g/mol. The molecule has 1 saturated heterocycles. The van der Waals surface area contributed by atoms with Crippen LogP contribution in [-0.2, 0) is 10.0 Å². The molecule has 1 heterocycles. The second kappa shape index (κ2) is 7.41. The fourth-order valence-electron chi connectivity index (χ4n) is 2.61. The minimum absolute atomic E-state index is 0. The van der Waals surface area contributed by atoms with Gasteiger partial charge >= 0.3 is 0 Å². The molecule has 1 aliphatic rings. The van der Waals surface area contributed by atoms with E-state index in [-0.39, 0.29) is 28.8 Å². The van der Waals surface area contributed by atoms with E-state index in [1.807, 2.05) is 0 Å². The Morgan fingerprint density at radius 3 is 2.68 bits per heavy atom. The van der Waals surface area contributed by atoms with Crippen LogP contribution in [0.15, 0.2) is 23.1 Å². The average molecular weight is 348 g/mol. The fourth-order valence-corrected chi connectivity index (χ4v) is 4.20. The highest BCUT2D eigenvalue weighted by molar-refractivity contribution is 7.89. The monoisotopic (exact) mass is 347 g/mol. The van der Waals surface area contributed by atoms with Crippen molar-refractivity contribution in [2.75, 3.05) is 19.6 Å². The third-order valence-electron chi connectivity index (χ3n) is 3.93. The summed E-state index contributed by atoms with van der Waals surface area (Å²) in [4.78, 5) is 11.5. The van der Waals surface area contributed by atoms with Crippen LogP contribution in [0.25, 0.3) is 0 Å². The Morgan fingerprint density at radius 2 is 2.09 bits per heavy atom. The Morgan fingerprint density at radius 1 is 1.41 bits per heavy atom. The van der Waals surface area contributed by atoms with Crippen molar-refractivity contribution in [3.05, 3.63) is 29.3 Å². The van der Waals surface area contributed by atoms with E-state index in [1.165, 1.54) is 16.4 Å². The molecule has 8 heteroatoms. The van der Waals surface area contributed by atoms with E-state index in [0.717, 1.165) is 12.8 Å². The van der Waals surface area contributed by atoms with Crippen LogP contribution < -0.4 is 11.5 Å². The summed E-state index contributed by atoms with van der Waals surface area (Å²) < 4.78 is 26.8. The largest absolute Gasteiger partial charge is 0.366 e. The van der Waals surface area contributed by atoms with Crippen molar-refractivity contribution in [2.24, 2.45) is 17.4 Å². The number of halogens is 1. The predicted molar refractivity (Wildman–Crippen MR) is 87.5 cm³/mol. The van der Waals surface area contributed by atoms with Gasteiger partial charge in [-0.2, -0.15) is 4.31 Å². The molecule has 2 rings (SSSR count). The lowest BCUT2D eigenvalue weighted by molar-refractivity contribution is 0.0999. The third-order valence-corrected chi connectivity index (χ3v) is 5.79. The van der Waals surface area contributed by atoms with Crippen LogP contribution in [0.1, 0.15) is 28.8 Å². The average Bonchev–Trinajstić information content (AvgIpc) is 2.47. The molecule has 1 fully saturated rings. The number of nitrogens with zero attached hydrogens (tertiary/aromatic N) is 1. The van der Waals surface area contributed by atoms with Crippen LogP contribution in [-0.4, -0.2) is 38.3 Å². The standard InChI is InChI=1S/C14H21N3O3S.ClH/c1-10-4-5-12(7-13(10)14(16)18)21(19,20)17-6-2-3-11(8-15)9-17;/h4-5,7,11H,2-3,6,8-9,15H2,1H3,(H2,16,18);1H. The molecule has 22 heavy (non-hydrogen) atoms. The quantitative estimate of drug-likeness (QED) is 0.842. The van der Waals surface area contributed by atoms with E-state index in [1.54, 1.807) is 13.0 Å². The van der Waals surface area contributed by atoms with Gasteiger partial charge in [-0.3, -0.25) is 4.79 Å². The van der Waals surface area contributed by atoms with Gasteiger partial charge in [0, 0.05) is 18.7 Å². The van der Waals surface area contributed by atoms with Crippen LogP contribution in [0.5, 0.6) is 0 Å². The van der Waals surface area contributed by atoms with E-state index in [0.29, 0.717) is 25.2 Å². The van der Waals surface area contributed by atoms with Crippen molar-refractivity contribution < 1.29 is 13.2 Å². The van der Waals surface area contributed by atoms with Crippen LogP contribution in [0.2, 0.25) is 0 Å². The predicted octanol–water partition coefficient (Wildman–Crippen LogP) is 0.875. The Bertz CT molecular complexity index is 649. The van der Waals surface area contributed by atoms with Gasteiger partial charge in [0.25, 0.3) is 0 Å². The summed E-state index contributed by atoms with van der Waals surface area (Å²) in [5.74, 6) is -0.433. The third kappa shape index (κ3) is 3.78.